The number of alkyl halides is 12. The van der Waals surface area contributed by atoms with Gasteiger partial charge in [0.25, 0.3) is 5.60 Å². The van der Waals surface area contributed by atoms with E-state index in [-0.39, 0.29) is 12.2 Å². The molecule has 2 heterocycles. The summed E-state index contributed by atoms with van der Waals surface area (Å²) in [4.78, 5) is 0. The summed E-state index contributed by atoms with van der Waals surface area (Å²) in [6, 6.07) is 0. The molecule has 2 aliphatic rings. The van der Waals surface area contributed by atoms with Crippen molar-refractivity contribution in [3.63, 3.8) is 0 Å². The van der Waals surface area contributed by atoms with Gasteiger partial charge in [0.15, 0.2) is 0 Å². The molecule has 1 fully saturated rings. The summed E-state index contributed by atoms with van der Waals surface area (Å²) >= 11 is 0. The van der Waals surface area contributed by atoms with E-state index < -0.39 is 54.6 Å². The maximum Gasteiger partial charge on any atom is 0.453 e. The molecular weight excluding hydrogens is 424 g/mol. The first-order valence-corrected chi connectivity index (χ1v) is 6.43. The van der Waals surface area contributed by atoms with E-state index >= 15 is 0 Å². The number of aliphatic hydroxyl groups is 1. The van der Waals surface area contributed by atoms with E-state index in [0.29, 0.717) is 0 Å². The average molecular weight is 430 g/mol. The highest BCUT2D eigenvalue weighted by atomic mass is 19.4. The zero-order valence-electron chi connectivity index (χ0n) is 12.1. The van der Waals surface area contributed by atoms with Crippen molar-refractivity contribution in [1.82, 2.24) is 0 Å². The van der Waals surface area contributed by atoms with Crippen molar-refractivity contribution >= 4 is 0 Å². The highest BCUT2D eigenvalue weighted by Crippen LogP contribution is 2.56. The molecule has 1 saturated heterocycles. The van der Waals surface area contributed by atoms with Gasteiger partial charge in [-0.05, 0) is 6.08 Å². The van der Waals surface area contributed by atoms with E-state index in [9.17, 15) is 52.7 Å². The van der Waals surface area contributed by atoms with Gasteiger partial charge in [-0.1, -0.05) is 6.08 Å². The molecule has 158 valence electrons. The Morgan fingerprint density at radius 2 is 1.26 bits per heavy atom. The zero-order chi connectivity index (χ0) is 21.3. The van der Waals surface area contributed by atoms with Crippen molar-refractivity contribution in [3.8, 4) is 0 Å². The Morgan fingerprint density at radius 1 is 0.815 bits per heavy atom. The van der Waals surface area contributed by atoms with Crippen LogP contribution in [0.1, 0.15) is 0 Å². The highest BCUT2D eigenvalue weighted by molar-refractivity contribution is 5.19. The van der Waals surface area contributed by atoms with Crippen molar-refractivity contribution in [2.45, 2.75) is 48.0 Å². The van der Waals surface area contributed by atoms with Crippen molar-refractivity contribution in [3.05, 3.63) is 12.2 Å². The lowest BCUT2D eigenvalue weighted by atomic mass is 9.95. The molecule has 0 aromatic carbocycles. The number of hydrogen-bond donors (Lipinski definition) is 1. The van der Waals surface area contributed by atoms with Gasteiger partial charge in [-0.15, -0.1) is 0 Å². The second kappa shape index (κ2) is 5.64. The molecule has 0 unspecified atom stereocenters. The van der Waals surface area contributed by atoms with E-state index in [1.54, 1.807) is 0 Å². The smallest absolute Gasteiger partial charge is 0.371 e. The van der Waals surface area contributed by atoms with Gasteiger partial charge in [-0.3, -0.25) is 4.74 Å². The number of hydrogen-bond acceptors (Lipinski definition) is 4. The fraction of sp³-hybridized carbons (Fsp3) is 0.818. The lowest BCUT2D eigenvalue weighted by molar-refractivity contribution is -0.459. The number of rotatable bonds is 1. The molecule has 2 rings (SSSR count). The predicted molar refractivity (Wildman–Crippen MR) is 55.7 cm³/mol. The van der Waals surface area contributed by atoms with Gasteiger partial charge >= 0.3 is 30.5 Å². The molecule has 27 heavy (non-hydrogen) atoms. The lowest BCUT2D eigenvalue weighted by Gasteiger charge is -2.37. The van der Waals surface area contributed by atoms with Crippen molar-refractivity contribution in [2.24, 2.45) is 0 Å². The summed E-state index contributed by atoms with van der Waals surface area (Å²) in [5.74, 6) is -8.76. The Balaban J connectivity index is 2.40. The van der Waals surface area contributed by atoms with Crippen LogP contribution in [-0.4, -0.2) is 59.7 Å². The molecule has 0 radical (unpaired) electrons. The standard InChI is InChI=1S/C11H6F12O4/c12-8(13,14)6(24,9(15,16)17)4-1-2-5(26-4)3-25-7(27-5,10(18,19)20)11(21,22)23/h1-2,4,24H,3H2/t4-,5-/m0/s1. The molecule has 2 aliphatic heterocycles. The molecule has 1 spiro atoms. The summed E-state index contributed by atoms with van der Waals surface area (Å²) in [6.45, 7) is -1.86. The van der Waals surface area contributed by atoms with Gasteiger partial charge in [-0.2, -0.15) is 52.7 Å². The van der Waals surface area contributed by atoms with E-state index in [1.807, 2.05) is 0 Å². The Hall–Kier alpha value is -1.26. The Bertz CT molecular complexity index is 587. The third kappa shape index (κ3) is 3.05. The van der Waals surface area contributed by atoms with Crippen LogP contribution in [0, 0.1) is 0 Å². The SMILES string of the molecule is OC([C@@H]1C=C[C@]2(COC(C(F)(F)F)(C(F)(F)F)O2)O1)(C(F)(F)F)C(F)(F)F. The first-order chi connectivity index (χ1) is 11.7. The second-order valence-corrected chi connectivity index (χ2v) is 5.47. The van der Waals surface area contributed by atoms with Gasteiger partial charge < -0.3 is 14.6 Å². The fourth-order valence-corrected chi connectivity index (χ4v) is 2.32. The highest BCUT2D eigenvalue weighted by Gasteiger charge is 2.81. The first-order valence-electron chi connectivity index (χ1n) is 6.43. The summed E-state index contributed by atoms with van der Waals surface area (Å²) < 4.78 is 164. The third-order valence-corrected chi connectivity index (χ3v) is 3.67. The van der Waals surface area contributed by atoms with Crippen molar-refractivity contribution in [2.75, 3.05) is 6.61 Å². The minimum absolute atomic E-state index is 0.0562. The first kappa shape index (κ1) is 22.0. The maximum atomic E-state index is 12.8. The topological polar surface area (TPSA) is 47.9 Å². The van der Waals surface area contributed by atoms with Gasteiger partial charge in [0.05, 0.1) is 0 Å². The van der Waals surface area contributed by atoms with Gasteiger partial charge in [0, 0.05) is 0 Å². The summed E-state index contributed by atoms with van der Waals surface area (Å²) in [5, 5.41) is 9.11. The Morgan fingerprint density at radius 3 is 1.59 bits per heavy atom. The molecule has 0 aromatic heterocycles. The zero-order valence-corrected chi connectivity index (χ0v) is 12.1. The van der Waals surface area contributed by atoms with Crippen LogP contribution in [0.4, 0.5) is 52.7 Å². The van der Waals surface area contributed by atoms with Crippen LogP contribution in [0.5, 0.6) is 0 Å². The van der Waals surface area contributed by atoms with Gasteiger partial charge in [0.2, 0.25) is 5.79 Å². The average Bonchev–Trinajstić information content (AvgIpc) is 3.00. The minimum atomic E-state index is -6.45. The molecule has 1 N–H and O–H groups in total. The Kier molecular flexibility index (Phi) is 4.60. The van der Waals surface area contributed by atoms with E-state index in [2.05, 4.69) is 14.2 Å². The summed E-state index contributed by atoms with van der Waals surface area (Å²) in [7, 11) is 0. The molecule has 0 bridgehead atoms. The molecule has 0 aromatic rings. The van der Waals surface area contributed by atoms with Crippen molar-refractivity contribution in [1.29, 1.82) is 0 Å². The van der Waals surface area contributed by atoms with Crippen LogP contribution < -0.4 is 0 Å². The van der Waals surface area contributed by atoms with Crippen LogP contribution >= 0.6 is 0 Å². The van der Waals surface area contributed by atoms with Crippen LogP contribution in [-0.2, 0) is 14.2 Å². The third-order valence-electron chi connectivity index (χ3n) is 3.67. The maximum absolute atomic E-state index is 12.8. The van der Waals surface area contributed by atoms with Crippen LogP contribution in [0.2, 0.25) is 0 Å². The van der Waals surface area contributed by atoms with Crippen molar-refractivity contribution < 1.29 is 72.0 Å². The molecule has 4 nitrogen and oxygen atoms in total. The van der Waals surface area contributed by atoms with Crippen LogP contribution in [0.15, 0.2) is 12.2 Å². The minimum Gasteiger partial charge on any atom is -0.371 e. The Labute approximate surface area is 140 Å². The molecule has 0 aliphatic carbocycles. The monoisotopic (exact) mass is 430 g/mol. The predicted octanol–water partition coefficient (Wildman–Crippen LogP) is 3.36. The van der Waals surface area contributed by atoms with E-state index in [4.69, 9.17) is 5.11 Å². The normalized spacial score (nSPS) is 29.7. The molecule has 16 heteroatoms. The molecular formula is C11H6F12O4. The van der Waals surface area contributed by atoms with Crippen LogP contribution in [0.3, 0.4) is 0 Å². The molecule has 0 amide bonds. The fourth-order valence-electron chi connectivity index (χ4n) is 2.32. The molecule has 2 atom stereocenters. The molecule has 0 saturated carbocycles. The van der Waals surface area contributed by atoms with Gasteiger partial charge in [0.1, 0.15) is 12.7 Å². The number of ether oxygens (including phenoxy) is 3. The van der Waals surface area contributed by atoms with Gasteiger partial charge in [-0.25, -0.2) is 0 Å². The summed E-state index contributed by atoms with van der Waals surface area (Å²) in [5.41, 5.74) is -5.63. The lowest BCUT2D eigenvalue weighted by Crippen LogP contribution is -2.65. The second-order valence-electron chi connectivity index (χ2n) is 5.47. The van der Waals surface area contributed by atoms with E-state index in [0.717, 1.165) is 0 Å². The number of halogens is 12. The van der Waals surface area contributed by atoms with Crippen LogP contribution in [0.25, 0.3) is 0 Å². The largest absolute Gasteiger partial charge is 0.453 e. The quantitative estimate of drug-likeness (QED) is 0.512. The summed E-state index contributed by atoms with van der Waals surface area (Å²) in [6.07, 6.45) is -29.2. The van der Waals surface area contributed by atoms with E-state index in [1.165, 1.54) is 0 Å².